The van der Waals surface area contributed by atoms with Gasteiger partial charge in [0.05, 0.1) is 6.61 Å². The quantitative estimate of drug-likeness (QED) is 0.338. The number of Topliss-reactive ketones (excluding diaryl/α,β-unsaturated/α-hetero) is 1. The fourth-order valence-electron chi connectivity index (χ4n) is 1.78. The maximum atomic E-state index is 12.1. The van der Waals surface area contributed by atoms with E-state index in [0.29, 0.717) is 25.2 Å². The molecule has 1 fully saturated rings. The van der Waals surface area contributed by atoms with E-state index in [1.165, 1.54) is 0 Å². The third-order valence-corrected chi connectivity index (χ3v) is 4.31. The Kier molecular flexibility index (Phi) is 6.27. The molecule has 1 unspecified atom stereocenters. The van der Waals surface area contributed by atoms with E-state index in [0.717, 1.165) is 11.1 Å². The molecule has 1 aliphatic heterocycles. The third kappa shape index (κ3) is 3.58. The summed E-state index contributed by atoms with van der Waals surface area (Å²) in [6.07, 6.45) is 4.71. The lowest BCUT2D eigenvalue weighted by molar-refractivity contribution is -0.158. The number of allylic oxidation sites excluding steroid dienone is 2. The minimum atomic E-state index is -0.947. The Morgan fingerprint density at radius 1 is 1.59 bits per heavy atom. The van der Waals surface area contributed by atoms with E-state index in [-0.39, 0.29) is 11.8 Å². The fraction of sp³-hybridized carbons (Fsp3) is 0.667. The first-order valence-corrected chi connectivity index (χ1v) is 7.94. The number of hydrogen-bond donors (Lipinski definition) is 0. The Bertz CT molecular complexity index is 317. The molecular weight excluding hydrogens is 304 g/mol. The highest BCUT2D eigenvalue weighted by molar-refractivity contribution is 9.09. The number of rotatable bonds is 5. The van der Waals surface area contributed by atoms with Crippen molar-refractivity contribution in [1.29, 1.82) is 0 Å². The highest BCUT2D eigenvalue weighted by atomic mass is 79.9. The number of ketones is 1. The summed E-state index contributed by atoms with van der Waals surface area (Å²) in [5, 5.41) is 0.729. The molecule has 0 spiro atoms. The first-order chi connectivity index (χ1) is 8.17. The molecule has 0 saturated carbocycles. The van der Waals surface area contributed by atoms with E-state index in [1.807, 2.05) is 12.2 Å². The minimum Gasteiger partial charge on any atom is -0.465 e. The van der Waals surface area contributed by atoms with E-state index < -0.39 is 5.41 Å². The average molecular weight is 321 g/mol. The van der Waals surface area contributed by atoms with Crippen molar-refractivity contribution < 1.29 is 14.3 Å². The average Bonchev–Trinajstić information content (AvgIpc) is 2.32. The summed E-state index contributed by atoms with van der Waals surface area (Å²) >= 11 is 4.93. The predicted octanol–water partition coefficient (Wildman–Crippen LogP) is 2.58. The van der Waals surface area contributed by atoms with Crippen LogP contribution in [0.2, 0.25) is 0 Å². The van der Waals surface area contributed by atoms with Gasteiger partial charge in [-0.1, -0.05) is 28.1 Å². The Balaban J connectivity index is 2.85. The van der Waals surface area contributed by atoms with Crippen molar-refractivity contribution in [2.24, 2.45) is 5.41 Å². The van der Waals surface area contributed by atoms with Gasteiger partial charge in [0.15, 0.2) is 5.78 Å². The molecule has 5 heteroatoms. The summed E-state index contributed by atoms with van der Waals surface area (Å²) in [7, 11) is 0. The van der Waals surface area contributed by atoms with Crippen LogP contribution >= 0.6 is 27.7 Å². The highest BCUT2D eigenvalue weighted by Gasteiger charge is 2.47. The monoisotopic (exact) mass is 320 g/mol. The zero-order chi connectivity index (χ0) is 12.7. The fourth-order valence-corrected chi connectivity index (χ4v) is 3.26. The van der Waals surface area contributed by atoms with Crippen molar-refractivity contribution in [1.82, 2.24) is 0 Å². The van der Waals surface area contributed by atoms with Gasteiger partial charge in [0, 0.05) is 23.3 Å². The van der Waals surface area contributed by atoms with Crippen molar-refractivity contribution in [2.75, 3.05) is 23.4 Å². The molecule has 96 valence electrons. The second-order valence-corrected chi connectivity index (χ2v) is 5.61. The maximum absolute atomic E-state index is 12.1. The van der Waals surface area contributed by atoms with Crippen LogP contribution in [0.3, 0.4) is 0 Å². The van der Waals surface area contributed by atoms with Crippen LogP contribution in [-0.4, -0.2) is 35.2 Å². The van der Waals surface area contributed by atoms with Gasteiger partial charge in [-0.3, -0.25) is 9.59 Å². The summed E-state index contributed by atoms with van der Waals surface area (Å²) < 4.78 is 5.07. The topological polar surface area (TPSA) is 43.4 Å². The molecule has 0 radical (unpaired) electrons. The van der Waals surface area contributed by atoms with Crippen LogP contribution in [0, 0.1) is 5.41 Å². The lowest BCUT2D eigenvalue weighted by atomic mass is 9.80. The van der Waals surface area contributed by atoms with Crippen molar-refractivity contribution in [3.8, 4) is 0 Å². The molecule has 1 aliphatic rings. The number of esters is 1. The molecule has 0 aromatic carbocycles. The first kappa shape index (κ1) is 14.8. The van der Waals surface area contributed by atoms with Crippen LogP contribution < -0.4 is 0 Å². The van der Waals surface area contributed by atoms with Gasteiger partial charge < -0.3 is 4.74 Å². The zero-order valence-electron chi connectivity index (χ0n) is 9.91. The molecule has 0 N–H and O–H groups in total. The number of hydrogen-bond acceptors (Lipinski definition) is 4. The maximum Gasteiger partial charge on any atom is 0.320 e. The van der Waals surface area contributed by atoms with Gasteiger partial charge in [-0.15, -0.1) is 0 Å². The lowest BCUT2D eigenvalue weighted by Gasteiger charge is -2.31. The molecular formula is C12H17BrO3S. The van der Waals surface area contributed by atoms with Gasteiger partial charge >= 0.3 is 5.97 Å². The van der Waals surface area contributed by atoms with E-state index in [2.05, 4.69) is 15.9 Å². The lowest BCUT2D eigenvalue weighted by Crippen LogP contribution is -2.45. The number of alkyl halides is 1. The summed E-state index contributed by atoms with van der Waals surface area (Å²) in [6, 6.07) is 0. The van der Waals surface area contributed by atoms with Gasteiger partial charge in [0.2, 0.25) is 0 Å². The summed E-state index contributed by atoms with van der Waals surface area (Å²) in [4.78, 5) is 24.1. The molecule has 0 aliphatic carbocycles. The summed E-state index contributed by atoms with van der Waals surface area (Å²) in [6.45, 7) is 2.08. The molecule has 3 nitrogen and oxygen atoms in total. The third-order valence-electron chi connectivity index (χ3n) is 2.74. The SMILES string of the molecule is CCOC(=O)C1(C/C=C/CBr)CSCCC1=O. The molecule has 1 heterocycles. The van der Waals surface area contributed by atoms with Gasteiger partial charge in [-0.2, -0.15) is 11.8 Å². The van der Waals surface area contributed by atoms with Gasteiger partial charge in [0.1, 0.15) is 5.41 Å². The summed E-state index contributed by atoms with van der Waals surface area (Å²) in [5.41, 5.74) is -0.947. The Labute approximate surface area is 114 Å². The predicted molar refractivity (Wildman–Crippen MR) is 73.6 cm³/mol. The molecule has 1 rings (SSSR count). The molecule has 0 aromatic heterocycles. The molecule has 0 amide bonds. The van der Waals surface area contributed by atoms with Crippen LogP contribution in [0.5, 0.6) is 0 Å². The molecule has 1 saturated heterocycles. The van der Waals surface area contributed by atoms with Gasteiger partial charge in [0.25, 0.3) is 0 Å². The smallest absolute Gasteiger partial charge is 0.320 e. The van der Waals surface area contributed by atoms with Crippen molar-refractivity contribution in [3.05, 3.63) is 12.2 Å². The largest absolute Gasteiger partial charge is 0.465 e. The van der Waals surface area contributed by atoms with Crippen molar-refractivity contribution in [3.63, 3.8) is 0 Å². The van der Waals surface area contributed by atoms with Crippen molar-refractivity contribution in [2.45, 2.75) is 19.8 Å². The van der Waals surface area contributed by atoms with Crippen molar-refractivity contribution >= 4 is 39.4 Å². The second kappa shape index (κ2) is 7.21. The second-order valence-electron chi connectivity index (χ2n) is 3.86. The Morgan fingerprint density at radius 2 is 2.35 bits per heavy atom. The van der Waals surface area contributed by atoms with Gasteiger partial charge in [-0.05, 0) is 13.3 Å². The van der Waals surface area contributed by atoms with Crippen LogP contribution in [0.15, 0.2) is 12.2 Å². The molecule has 17 heavy (non-hydrogen) atoms. The minimum absolute atomic E-state index is 0.0222. The molecule has 0 aromatic rings. The first-order valence-electron chi connectivity index (χ1n) is 5.66. The number of ether oxygens (including phenoxy) is 1. The number of carbonyl (C=O) groups is 2. The van der Waals surface area contributed by atoms with E-state index in [1.54, 1.807) is 18.7 Å². The Hall–Kier alpha value is -0.290. The van der Waals surface area contributed by atoms with Gasteiger partial charge in [-0.25, -0.2) is 0 Å². The number of halogens is 1. The highest BCUT2D eigenvalue weighted by Crippen LogP contribution is 2.36. The molecule has 0 bridgehead atoms. The molecule has 1 atom stereocenters. The number of carbonyl (C=O) groups excluding carboxylic acids is 2. The van der Waals surface area contributed by atoms with E-state index in [9.17, 15) is 9.59 Å². The standard InChI is InChI=1S/C12H17BrO3S/c1-2-16-11(15)12(6-3-4-7-13)9-17-8-5-10(12)14/h3-4H,2,5-9H2,1H3/b4-3+. The summed E-state index contributed by atoms with van der Waals surface area (Å²) in [5.74, 6) is 1.00. The van der Waals surface area contributed by atoms with E-state index >= 15 is 0 Å². The Morgan fingerprint density at radius 3 is 2.94 bits per heavy atom. The number of thioether (sulfide) groups is 1. The zero-order valence-corrected chi connectivity index (χ0v) is 12.3. The van der Waals surface area contributed by atoms with Crippen LogP contribution in [0.1, 0.15) is 19.8 Å². The van der Waals surface area contributed by atoms with Crippen LogP contribution in [-0.2, 0) is 14.3 Å². The van der Waals surface area contributed by atoms with Crippen LogP contribution in [0.4, 0.5) is 0 Å². The van der Waals surface area contributed by atoms with Crippen LogP contribution in [0.25, 0.3) is 0 Å². The van der Waals surface area contributed by atoms with E-state index in [4.69, 9.17) is 4.74 Å². The normalized spacial score (nSPS) is 25.2.